The third-order valence-electron chi connectivity index (χ3n) is 8.04. The van der Waals surface area contributed by atoms with Crippen LogP contribution < -0.4 is 0 Å². The van der Waals surface area contributed by atoms with Crippen LogP contribution in [0.4, 0.5) is 0 Å². The van der Waals surface area contributed by atoms with Crippen molar-refractivity contribution in [2.45, 2.75) is 64.5 Å². The molecule has 0 spiro atoms. The molecule has 156 valence electrons. The van der Waals surface area contributed by atoms with Gasteiger partial charge in [0.2, 0.25) is 0 Å². The van der Waals surface area contributed by atoms with Crippen LogP contribution in [-0.4, -0.2) is 16.4 Å². The first-order valence-electron chi connectivity index (χ1n) is 12.1. The molecule has 30 heavy (non-hydrogen) atoms. The zero-order valence-corrected chi connectivity index (χ0v) is 18.2. The summed E-state index contributed by atoms with van der Waals surface area (Å²) in [6.45, 7) is 4.60. The number of hydrogen-bond acceptors (Lipinski definition) is 1. The topological polar surface area (TPSA) is 19.0 Å². The summed E-state index contributed by atoms with van der Waals surface area (Å²) in [7, 11) is 0. The summed E-state index contributed by atoms with van der Waals surface area (Å²) < 4.78 is 0. The average molecular weight is 399 g/mol. The normalized spacial score (nSPS) is 25.1. The summed E-state index contributed by atoms with van der Waals surface area (Å²) in [6, 6.07) is 16.7. The number of aromatic amines is 1. The van der Waals surface area contributed by atoms with E-state index in [1.807, 2.05) is 0 Å². The molecular formula is C28H34N2. The Bertz CT molecular complexity index is 1030. The van der Waals surface area contributed by atoms with Gasteiger partial charge in [-0.25, -0.2) is 0 Å². The molecule has 2 aromatic carbocycles. The molecule has 0 bridgehead atoms. The van der Waals surface area contributed by atoms with Gasteiger partial charge in [0.1, 0.15) is 0 Å². The minimum Gasteiger partial charge on any atom is -0.361 e. The van der Waals surface area contributed by atoms with Gasteiger partial charge in [0.25, 0.3) is 0 Å². The number of piperidine rings is 1. The number of hydrogen-bond donors (Lipinski definition) is 1. The van der Waals surface area contributed by atoms with Crippen LogP contribution in [0.25, 0.3) is 10.9 Å². The number of aryl methyl sites for hydroxylation is 1. The van der Waals surface area contributed by atoms with Gasteiger partial charge >= 0.3 is 0 Å². The maximum Gasteiger partial charge on any atom is 0.0487 e. The number of nitrogens with zero attached hydrogens (tertiary/aromatic N) is 1. The lowest BCUT2D eigenvalue weighted by Crippen LogP contribution is -2.37. The second kappa shape index (κ2) is 7.57. The van der Waals surface area contributed by atoms with Gasteiger partial charge in [-0.05, 0) is 104 Å². The fourth-order valence-electron chi connectivity index (χ4n) is 5.99. The lowest BCUT2D eigenvalue weighted by molar-refractivity contribution is 0.0959. The largest absolute Gasteiger partial charge is 0.361 e. The Morgan fingerprint density at radius 2 is 1.80 bits per heavy atom. The van der Waals surface area contributed by atoms with E-state index >= 15 is 0 Å². The van der Waals surface area contributed by atoms with Crippen molar-refractivity contribution in [3.8, 4) is 0 Å². The number of likely N-dealkylation sites (tertiary alicyclic amines) is 1. The summed E-state index contributed by atoms with van der Waals surface area (Å²) in [6.07, 6.45) is 11.9. The van der Waals surface area contributed by atoms with Crippen LogP contribution >= 0.6 is 0 Å². The fourth-order valence-corrected chi connectivity index (χ4v) is 5.99. The molecule has 2 aliphatic carbocycles. The van der Waals surface area contributed by atoms with Crippen LogP contribution in [0.5, 0.6) is 0 Å². The zero-order valence-electron chi connectivity index (χ0n) is 18.2. The molecule has 2 nitrogen and oxygen atoms in total. The monoisotopic (exact) mass is 398 g/mol. The number of rotatable bonds is 6. The minimum atomic E-state index is 0.564. The Balaban J connectivity index is 1.36. The minimum absolute atomic E-state index is 0.564. The average Bonchev–Trinajstić information content (AvgIpc) is 3.71. The molecule has 2 atom stereocenters. The molecule has 1 N–H and O–H groups in total. The molecule has 2 heteroatoms. The van der Waals surface area contributed by atoms with Gasteiger partial charge in [-0.15, -0.1) is 0 Å². The van der Waals surface area contributed by atoms with Gasteiger partial charge in [0, 0.05) is 29.7 Å². The number of fused-ring (bicyclic) bond motifs is 1. The predicted molar refractivity (Wildman–Crippen MR) is 125 cm³/mol. The molecule has 3 aromatic rings. The van der Waals surface area contributed by atoms with Gasteiger partial charge in [0.05, 0.1) is 0 Å². The van der Waals surface area contributed by atoms with Crippen LogP contribution in [0.3, 0.4) is 0 Å². The summed E-state index contributed by atoms with van der Waals surface area (Å²) in [4.78, 5) is 6.32. The van der Waals surface area contributed by atoms with E-state index in [9.17, 15) is 0 Å². The Labute approximate surface area is 180 Å². The Hall–Kier alpha value is -2.06. The number of nitrogens with one attached hydrogen (secondary N) is 1. The van der Waals surface area contributed by atoms with Crippen molar-refractivity contribution in [2.24, 2.45) is 17.8 Å². The molecule has 2 heterocycles. The van der Waals surface area contributed by atoms with Crippen molar-refractivity contribution in [3.63, 3.8) is 0 Å². The quantitative estimate of drug-likeness (QED) is 0.484. The van der Waals surface area contributed by atoms with E-state index in [1.165, 1.54) is 73.5 Å². The molecule has 3 fully saturated rings. The van der Waals surface area contributed by atoms with Gasteiger partial charge in [-0.3, -0.25) is 4.90 Å². The van der Waals surface area contributed by atoms with Gasteiger partial charge in [-0.2, -0.15) is 0 Å². The SMILES string of the molecule is Cc1cc(CC2CC2)c(CN2CCC(C3CC3)C[C@H]2c2ccccc2)c2cc[nH]c12. The first-order valence-corrected chi connectivity index (χ1v) is 12.1. The first-order chi connectivity index (χ1) is 14.8. The second-order valence-electron chi connectivity index (χ2n) is 10.3. The molecule has 3 aliphatic rings. The van der Waals surface area contributed by atoms with Crippen molar-refractivity contribution >= 4 is 10.9 Å². The smallest absolute Gasteiger partial charge is 0.0487 e. The van der Waals surface area contributed by atoms with Crippen molar-refractivity contribution in [3.05, 3.63) is 70.9 Å². The van der Waals surface area contributed by atoms with E-state index in [2.05, 4.69) is 65.5 Å². The highest BCUT2D eigenvalue weighted by Crippen LogP contribution is 2.47. The highest BCUT2D eigenvalue weighted by molar-refractivity contribution is 5.87. The lowest BCUT2D eigenvalue weighted by Gasteiger charge is -2.40. The molecule has 6 rings (SSSR count). The Kier molecular flexibility index (Phi) is 4.71. The first kappa shape index (κ1) is 18.7. The van der Waals surface area contributed by atoms with Gasteiger partial charge in [-0.1, -0.05) is 36.4 Å². The van der Waals surface area contributed by atoms with Crippen molar-refractivity contribution < 1.29 is 0 Å². The molecule has 1 aliphatic heterocycles. The molecule has 1 aromatic heterocycles. The standard InChI is InChI=1S/C28H34N2/c1-19-15-24(16-20-7-8-20)26(25-11-13-29-28(19)25)18-30-14-12-23(21-9-10-21)17-27(30)22-5-3-2-4-6-22/h2-6,11,13,15,20-21,23,27,29H,7-10,12,14,16-18H2,1H3/t23?,27-/m0/s1. The van der Waals surface area contributed by atoms with E-state index in [-0.39, 0.29) is 0 Å². The maximum absolute atomic E-state index is 3.52. The summed E-state index contributed by atoms with van der Waals surface area (Å²) >= 11 is 0. The summed E-state index contributed by atoms with van der Waals surface area (Å²) in [5.41, 5.74) is 7.46. The van der Waals surface area contributed by atoms with Crippen molar-refractivity contribution in [1.29, 1.82) is 0 Å². The summed E-state index contributed by atoms with van der Waals surface area (Å²) in [5, 5.41) is 1.46. The molecule has 2 saturated carbocycles. The third kappa shape index (κ3) is 3.60. The van der Waals surface area contributed by atoms with Crippen LogP contribution in [-0.2, 0) is 13.0 Å². The molecule has 1 unspecified atom stereocenters. The molecule has 0 amide bonds. The van der Waals surface area contributed by atoms with E-state index < -0.39 is 0 Å². The Morgan fingerprint density at radius 3 is 2.57 bits per heavy atom. The molecular weight excluding hydrogens is 364 g/mol. The number of aromatic nitrogens is 1. The number of benzene rings is 2. The van der Waals surface area contributed by atoms with E-state index in [0.717, 1.165) is 24.3 Å². The fraction of sp³-hybridized carbons (Fsp3) is 0.500. The van der Waals surface area contributed by atoms with Crippen molar-refractivity contribution in [2.75, 3.05) is 6.54 Å². The maximum atomic E-state index is 3.52. The highest BCUT2D eigenvalue weighted by atomic mass is 15.2. The van der Waals surface area contributed by atoms with E-state index in [1.54, 1.807) is 11.1 Å². The van der Waals surface area contributed by atoms with E-state index in [4.69, 9.17) is 0 Å². The lowest BCUT2D eigenvalue weighted by atomic mass is 9.83. The Morgan fingerprint density at radius 1 is 0.967 bits per heavy atom. The van der Waals surface area contributed by atoms with Gasteiger partial charge in [0.15, 0.2) is 0 Å². The van der Waals surface area contributed by atoms with Crippen LogP contribution in [0, 0.1) is 24.7 Å². The van der Waals surface area contributed by atoms with Gasteiger partial charge < -0.3 is 4.98 Å². The van der Waals surface area contributed by atoms with Crippen molar-refractivity contribution in [1.82, 2.24) is 9.88 Å². The number of H-pyrrole nitrogens is 1. The predicted octanol–water partition coefficient (Wildman–Crippen LogP) is 6.79. The molecule has 1 saturated heterocycles. The van der Waals surface area contributed by atoms with Crippen LogP contribution in [0.2, 0.25) is 0 Å². The highest BCUT2D eigenvalue weighted by Gasteiger charge is 2.38. The van der Waals surface area contributed by atoms with E-state index in [0.29, 0.717) is 6.04 Å². The third-order valence-corrected chi connectivity index (χ3v) is 8.04. The molecule has 0 radical (unpaired) electrons. The van der Waals surface area contributed by atoms with Crippen LogP contribution in [0.15, 0.2) is 48.7 Å². The zero-order chi connectivity index (χ0) is 20.1. The second-order valence-corrected chi connectivity index (χ2v) is 10.3. The van der Waals surface area contributed by atoms with Crippen LogP contribution in [0.1, 0.15) is 66.8 Å². The summed E-state index contributed by atoms with van der Waals surface area (Å²) in [5.74, 6) is 2.87.